The van der Waals surface area contributed by atoms with E-state index in [1.165, 1.54) is 4.90 Å². The van der Waals surface area contributed by atoms with Crippen molar-refractivity contribution in [3.8, 4) is 0 Å². The highest BCUT2D eigenvalue weighted by Gasteiger charge is 2.40. The number of ether oxygens (including phenoxy) is 1. The van der Waals surface area contributed by atoms with E-state index in [1.807, 2.05) is 49.4 Å². The number of β-amino-alcohol motifs (C(OH)–C–C–N with tert-alkyl or cyclic N) is 1. The van der Waals surface area contributed by atoms with Crippen molar-refractivity contribution in [2.45, 2.75) is 32.1 Å². The third kappa shape index (κ3) is 4.87. The van der Waals surface area contributed by atoms with Crippen LogP contribution >= 0.6 is 15.9 Å². The number of nitrogens with one attached hydrogen (secondary N) is 1. The normalized spacial score (nSPS) is 19.0. The van der Waals surface area contributed by atoms with Gasteiger partial charge in [-0.1, -0.05) is 46.3 Å². The summed E-state index contributed by atoms with van der Waals surface area (Å²) in [5, 5.41) is 12.8. The molecule has 0 bridgehead atoms. The average molecular weight is 433 g/mol. The summed E-state index contributed by atoms with van der Waals surface area (Å²) in [4.78, 5) is 26.4. The molecule has 2 atom stereocenters. The van der Waals surface area contributed by atoms with E-state index < -0.39 is 18.2 Å². The largest absolute Gasteiger partial charge is 0.445 e. The van der Waals surface area contributed by atoms with Crippen molar-refractivity contribution >= 4 is 33.6 Å². The highest BCUT2D eigenvalue weighted by Crippen LogP contribution is 2.24. The number of carbonyl (C=O) groups excluding carboxylic acids is 2. The third-order valence-corrected chi connectivity index (χ3v) is 4.96. The Hall–Kier alpha value is -2.38. The van der Waals surface area contributed by atoms with Crippen molar-refractivity contribution in [3.63, 3.8) is 0 Å². The molecule has 0 radical (unpaired) electrons. The van der Waals surface area contributed by atoms with Gasteiger partial charge in [0.2, 0.25) is 5.91 Å². The first-order valence-corrected chi connectivity index (χ1v) is 9.45. The summed E-state index contributed by atoms with van der Waals surface area (Å²) in [5.41, 5.74) is 2.42. The Balaban J connectivity index is 1.65. The minimum Gasteiger partial charge on any atom is -0.445 e. The Morgan fingerprint density at radius 3 is 2.70 bits per heavy atom. The van der Waals surface area contributed by atoms with E-state index in [9.17, 15) is 14.7 Å². The molecule has 1 fully saturated rings. The molecule has 27 heavy (non-hydrogen) atoms. The Morgan fingerprint density at radius 2 is 2.00 bits per heavy atom. The van der Waals surface area contributed by atoms with E-state index in [4.69, 9.17) is 4.74 Å². The highest BCUT2D eigenvalue weighted by atomic mass is 79.9. The van der Waals surface area contributed by atoms with Crippen LogP contribution in [0.5, 0.6) is 0 Å². The van der Waals surface area contributed by atoms with Crippen LogP contribution in [0.3, 0.4) is 0 Å². The summed E-state index contributed by atoms with van der Waals surface area (Å²) in [5.74, 6) is -0.339. The molecule has 2 amide bonds. The predicted octanol–water partition coefficient (Wildman–Crippen LogP) is 3.47. The number of carbonyl (C=O) groups is 2. The molecule has 2 N–H and O–H groups in total. The number of benzene rings is 2. The van der Waals surface area contributed by atoms with Gasteiger partial charge in [0.25, 0.3) is 0 Å². The number of rotatable bonds is 4. The summed E-state index contributed by atoms with van der Waals surface area (Å²) in [6, 6.07) is 14.1. The Labute approximate surface area is 166 Å². The van der Waals surface area contributed by atoms with Gasteiger partial charge in [-0.25, -0.2) is 4.79 Å². The average Bonchev–Trinajstić information content (AvgIpc) is 3.05. The second-order valence-corrected chi connectivity index (χ2v) is 7.46. The first-order chi connectivity index (χ1) is 12.9. The molecule has 2 unspecified atom stereocenters. The minimum atomic E-state index is -0.772. The predicted molar refractivity (Wildman–Crippen MR) is 105 cm³/mol. The van der Waals surface area contributed by atoms with Crippen LogP contribution in [-0.2, 0) is 16.1 Å². The van der Waals surface area contributed by atoms with E-state index in [1.54, 1.807) is 6.07 Å². The maximum Gasteiger partial charge on any atom is 0.410 e. The van der Waals surface area contributed by atoms with Crippen LogP contribution < -0.4 is 5.32 Å². The standard InChI is InChI=1S/C20H21BrN2O4/c1-13-9-15(21)7-8-17(13)22-19(25)18-10-16(24)11-23(18)20(26)27-12-14-5-3-2-4-6-14/h2-9,16,18,24H,10-12H2,1H3,(H,22,25). The number of aliphatic hydroxyl groups excluding tert-OH is 1. The zero-order chi connectivity index (χ0) is 19.4. The molecular formula is C20H21BrN2O4. The number of nitrogens with zero attached hydrogens (tertiary/aromatic N) is 1. The molecule has 2 aromatic carbocycles. The van der Waals surface area contributed by atoms with Crippen molar-refractivity contribution in [3.05, 3.63) is 64.1 Å². The number of aliphatic hydroxyl groups is 1. The lowest BCUT2D eigenvalue weighted by Gasteiger charge is -2.23. The van der Waals surface area contributed by atoms with Crippen LogP contribution in [0, 0.1) is 6.92 Å². The van der Waals surface area contributed by atoms with Gasteiger partial charge in [0.05, 0.1) is 12.6 Å². The number of hydrogen-bond donors (Lipinski definition) is 2. The number of aryl methyl sites for hydroxylation is 1. The van der Waals surface area contributed by atoms with E-state index >= 15 is 0 Å². The van der Waals surface area contributed by atoms with E-state index in [0.29, 0.717) is 5.69 Å². The maximum atomic E-state index is 12.7. The fourth-order valence-electron chi connectivity index (χ4n) is 3.05. The molecule has 1 heterocycles. The molecule has 142 valence electrons. The first kappa shape index (κ1) is 19.4. The van der Waals surface area contributed by atoms with Crippen molar-refractivity contribution in [2.24, 2.45) is 0 Å². The zero-order valence-corrected chi connectivity index (χ0v) is 16.5. The molecule has 2 aromatic rings. The number of anilines is 1. The molecule has 1 saturated heterocycles. The van der Waals surface area contributed by atoms with Gasteiger partial charge in [-0.3, -0.25) is 9.69 Å². The number of halogens is 1. The summed E-state index contributed by atoms with van der Waals surface area (Å²) in [7, 11) is 0. The second-order valence-electron chi connectivity index (χ2n) is 6.55. The highest BCUT2D eigenvalue weighted by molar-refractivity contribution is 9.10. The number of hydrogen-bond acceptors (Lipinski definition) is 4. The Bertz CT molecular complexity index is 828. The lowest BCUT2D eigenvalue weighted by atomic mass is 10.1. The fourth-order valence-corrected chi connectivity index (χ4v) is 3.53. The summed E-state index contributed by atoms with van der Waals surface area (Å²) in [6.07, 6.45) is -1.18. The topological polar surface area (TPSA) is 78.9 Å². The maximum absolute atomic E-state index is 12.7. The Morgan fingerprint density at radius 1 is 1.26 bits per heavy atom. The van der Waals surface area contributed by atoms with E-state index in [-0.39, 0.29) is 25.5 Å². The molecule has 0 aliphatic carbocycles. The van der Waals surface area contributed by atoms with Gasteiger partial charge in [0, 0.05) is 16.6 Å². The first-order valence-electron chi connectivity index (χ1n) is 8.66. The molecule has 1 aliphatic heterocycles. The molecule has 3 rings (SSSR count). The van der Waals surface area contributed by atoms with Crippen LogP contribution in [0.2, 0.25) is 0 Å². The lowest BCUT2D eigenvalue weighted by molar-refractivity contribution is -0.120. The lowest BCUT2D eigenvalue weighted by Crippen LogP contribution is -2.43. The van der Waals surface area contributed by atoms with Crippen molar-refractivity contribution in [2.75, 3.05) is 11.9 Å². The van der Waals surface area contributed by atoms with E-state index in [2.05, 4.69) is 21.2 Å². The minimum absolute atomic E-state index is 0.0744. The van der Waals surface area contributed by atoms with Gasteiger partial charge in [-0.2, -0.15) is 0 Å². The molecule has 0 aromatic heterocycles. The van der Waals surface area contributed by atoms with Crippen molar-refractivity contribution in [1.82, 2.24) is 4.90 Å². The summed E-state index contributed by atoms with van der Waals surface area (Å²) in [6.45, 7) is 2.08. The molecular weight excluding hydrogens is 412 g/mol. The summed E-state index contributed by atoms with van der Waals surface area (Å²) >= 11 is 3.39. The fraction of sp³-hybridized carbons (Fsp3) is 0.300. The van der Waals surface area contributed by atoms with Crippen molar-refractivity contribution in [1.29, 1.82) is 0 Å². The molecule has 0 spiro atoms. The van der Waals surface area contributed by atoms with Gasteiger partial charge in [-0.05, 0) is 36.2 Å². The monoisotopic (exact) mass is 432 g/mol. The molecule has 1 aliphatic rings. The van der Waals surface area contributed by atoms with Crippen LogP contribution in [0.15, 0.2) is 53.0 Å². The second kappa shape index (κ2) is 8.54. The molecule has 0 saturated carbocycles. The SMILES string of the molecule is Cc1cc(Br)ccc1NC(=O)C1CC(O)CN1C(=O)OCc1ccccc1. The van der Waals surface area contributed by atoms with Gasteiger partial charge in [0.15, 0.2) is 0 Å². The summed E-state index contributed by atoms with van der Waals surface area (Å²) < 4.78 is 6.24. The quantitative estimate of drug-likeness (QED) is 0.774. The van der Waals surface area contributed by atoms with Gasteiger partial charge < -0.3 is 15.2 Å². The molecule has 6 nitrogen and oxygen atoms in total. The van der Waals surface area contributed by atoms with Crippen molar-refractivity contribution < 1.29 is 19.4 Å². The Kier molecular flexibility index (Phi) is 6.13. The van der Waals surface area contributed by atoms with Crippen LogP contribution in [0.1, 0.15) is 17.5 Å². The zero-order valence-electron chi connectivity index (χ0n) is 14.9. The van der Waals surface area contributed by atoms with Gasteiger partial charge >= 0.3 is 6.09 Å². The van der Waals surface area contributed by atoms with Crippen LogP contribution in [0.25, 0.3) is 0 Å². The smallest absolute Gasteiger partial charge is 0.410 e. The molecule has 7 heteroatoms. The van der Waals surface area contributed by atoms with Gasteiger partial charge in [-0.15, -0.1) is 0 Å². The van der Waals surface area contributed by atoms with Gasteiger partial charge in [0.1, 0.15) is 12.6 Å². The van der Waals surface area contributed by atoms with Crippen LogP contribution in [-0.4, -0.2) is 40.7 Å². The third-order valence-electron chi connectivity index (χ3n) is 4.47. The number of likely N-dealkylation sites (tertiary alicyclic amines) is 1. The van der Waals surface area contributed by atoms with E-state index in [0.717, 1.165) is 15.6 Å². The van der Waals surface area contributed by atoms with Crippen LogP contribution in [0.4, 0.5) is 10.5 Å². The number of amides is 2.